The second kappa shape index (κ2) is 15.5. The number of hydrogen-bond acceptors (Lipinski definition) is 13. The van der Waals surface area contributed by atoms with E-state index in [-0.39, 0.29) is 24.7 Å². The first kappa shape index (κ1) is 37.7. The monoisotopic (exact) mass is 803 g/mol. The molecule has 3 saturated heterocycles. The van der Waals surface area contributed by atoms with Gasteiger partial charge < -0.3 is 28.7 Å². The Morgan fingerprint density at radius 3 is 2.66 bits per heavy atom. The molecule has 9 rings (SSSR count). The molecule has 0 saturated carbocycles. The third kappa shape index (κ3) is 7.26. The van der Waals surface area contributed by atoms with Gasteiger partial charge in [-0.25, -0.2) is 0 Å². The maximum atomic E-state index is 13.3. The first-order valence-corrected chi connectivity index (χ1v) is 20.4. The van der Waals surface area contributed by atoms with Crippen molar-refractivity contribution in [3.63, 3.8) is 0 Å². The molecule has 1 spiro atoms. The average Bonchev–Trinajstić information content (AvgIpc) is 4.01. The van der Waals surface area contributed by atoms with Crippen molar-refractivity contribution in [2.24, 2.45) is 11.3 Å². The number of benzene rings is 3. The number of hydrogen-bond donors (Lipinski definition) is 2. The molecule has 0 bridgehead atoms. The van der Waals surface area contributed by atoms with Gasteiger partial charge in [0.2, 0.25) is 12.3 Å². The van der Waals surface area contributed by atoms with Gasteiger partial charge in [-0.1, -0.05) is 11.2 Å². The van der Waals surface area contributed by atoms with Crippen LogP contribution in [0.25, 0.3) is 11.0 Å². The zero-order chi connectivity index (χ0) is 40.0. The van der Waals surface area contributed by atoms with E-state index in [2.05, 4.69) is 59.3 Å². The first-order valence-electron chi connectivity index (χ1n) is 19.6. The number of ether oxygens (including phenoxy) is 1. The number of nitrogens with one attached hydrogen (secondary N) is 2. The van der Waals surface area contributed by atoms with Gasteiger partial charge >= 0.3 is 0 Å². The van der Waals surface area contributed by atoms with E-state index in [1.54, 1.807) is 26.3 Å². The van der Waals surface area contributed by atoms with Crippen molar-refractivity contribution in [1.82, 2.24) is 30.1 Å². The Bertz CT molecular complexity index is 2370. The molecule has 4 aliphatic heterocycles. The number of likely N-dealkylation sites (tertiary alicyclic amines) is 1. The Labute approximate surface area is 339 Å². The number of amides is 4. The fraction of sp³-hybridized carbons (Fsp3) is 0.381. The van der Waals surface area contributed by atoms with E-state index < -0.39 is 11.9 Å². The number of rotatable bonds is 15. The molecule has 6 heterocycles. The first-order chi connectivity index (χ1) is 28.2. The second-order valence-corrected chi connectivity index (χ2v) is 16.9. The molecule has 15 nitrogen and oxygen atoms in total. The molecule has 58 heavy (non-hydrogen) atoms. The number of anilines is 3. The molecule has 4 amide bonds. The standard InChI is InChI=1S/C42H45N9O6S/c1-27(7-10-37(53)43-26-52)51-40(54)33-9-8-31(18-34(33)41(51)55)48-14-11-28(20-48)19-47-22-42(23-47)24-49(25-42)30-5-3-6-32(17-30)58-46-39-38-35(56-2)15-29(16-36(38)57-45-39)21-50-13-4-12-44-50/h3-6,8-9,12-13,15-18,26-28H,7,10-11,14,19-25H2,1-2H3,(H,45,46)(H,43,52,53). The Morgan fingerprint density at radius 2 is 1.86 bits per heavy atom. The quantitative estimate of drug-likeness (QED) is 0.0839. The number of nitrogens with zero attached hydrogens (tertiary/aromatic N) is 7. The highest BCUT2D eigenvalue weighted by Crippen LogP contribution is 2.44. The summed E-state index contributed by atoms with van der Waals surface area (Å²) in [5.74, 6) is 0.731. The summed E-state index contributed by atoms with van der Waals surface area (Å²) in [6.45, 7) is 9.49. The molecule has 0 radical (unpaired) electrons. The van der Waals surface area contributed by atoms with Gasteiger partial charge in [-0.15, -0.1) is 0 Å². The lowest BCUT2D eigenvalue weighted by molar-refractivity contribution is -0.125. The predicted molar refractivity (Wildman–Crippen MR) is 219 cm³/mol. The largest absolute Gasteiger partial charge is 0.496 e. The maximum absolute atomic E-state index is 13.3. The molecule has 5 aromatic rings. The summed E-state index contributed by atoms with van der Waals surface area (Å²) in [4.78, 5) is 58.5. The topological polar surface area (TPSA) is 158 Å². The molecular weight excluding hydrogens is 759 g/mol. The molecule has 2 unspecified atom stereocenters. The van der Waals surface area contributed by atoms with E-state index in [0.717, 1.165) is 73.8 Å². The van der Waals surface area contributed by atoms with E-state index in [1.165, 1.54) is 22.5 Å². The molecule has 2 N–H and O–H groups in total. The highest BCUT2D eigenvalue weighted by Gasteiger charge is 2.52. The van der Waals surface area contributed by atoms with E-state index in [4.69, 9.17) is 9.26 Å². The molecule has 2 atom stereocenters. The van der Waals surface area contributed by atoms with Gasteiger partial charge in [0.05, 0.1) is 24.8 Å². The normalized spacial score (nSPS) is 19.0. The summed E-state index contributed by atoms with van der Waals surface area (Å²) in [5, 5.41) is 11.5. The number of carbonyl (C=O) groups is 4. The minimum absolute atomic E-state index is 0.0485. The van der Waals surface area contributed by atoms with Crippen LogP contribution >= 0.6 is 11.9 Å². The molecule has 3 fully saturated rings. The van der Waals surface area contributed by atoms with Crippen LogP contribution in [0.5, 0.6) is 5.75 Å². The SMILES string of the molecule is COc1cc(Cn2cccn2)cc2onc(NSc3cccc(N4CC5(CN(CC6CCN(c7ccc8c(c7)C(=O)N(C(C)CCC(=O)NC=O)C8=O)C6)C5)C4)c3)c12. The number of carbonyl (C=O) groups excluding carboxylic acids is 4. The zero-order valence-electron chi connectivity index (χ0n) is 32.4. The van der Waals surface area contributed by atoms with Crippen molar-refractivity contribution in [2.45, 2.75) is 43.7 Å². The van der Waals surface area contributed by atoms with Crippen LogP contribution in [-0.2, 0) is 16.1 Å². The van der Waals surface area contributed by atoms with E-state index in [1.807, 2.05) is 41.2 Å². The lowest BCUT2D eigenvalue weighted by Gasteiger charge is -2.61. The highest BCUT2D eigenvalue weighted by atomic mass is 32.2. The molecule has 2 aromatic heterocycles. The fourth-order valence-corrected chi connectivity index (χ4v) is 9.73. The van der Waals surface area contributed by atoms with E-state index in [0.29, 0.717) is 52.6 Å². The molecule has 4 aliphatic rings. The summed E-state index contributed by atoms with van der Waals surface area (Å²) < 4.78 is 16.7. The van der Waals surface area contributed by atoms with Crippen molar-refractivity contribution in [3.05, 3.63) is 89.7 Å². The third-order valence-electron chi connectivity index (χ3n) is 11.9. The number of imide groups is 2. The van der Waals surface area contributed by atoms with Crippen LogP contribution in [0.15, 0.2) is 82.5 Å². The van der Waals surface area contributed by atoms with Crippen molar-refractivity contribution in [2.75, 3.05) is 67.4 Å². The van der Waals surface area contributed by atoms with Crippen molar-refractivity contribution in [1.29, 1.82) is 0 Å². The molecular formula is C42H45N9O6S. The lowest BCUT2D eigenvalue weighted by atomic mass is 9.72. The Kier molecular flexibility index (Phi) is 10.1. The van der Waals surface area contributed by atoms with Crippen LogP contribution in [0, 0.1) is 11.3 Å². The Morgan fingerprint density at radius 1 is 1.03 bits per heavy atom. The summed E-state index contributed by atoms with van der Waals surface area (Å²) in [7, 11) is 1.65. The van der Waals surface area contributed by atoms with Gasteiger partial charge in [0.1, 0.15) is 11.1 Å². The summed E-state index contributed by atoms with van der Waals surface area (Å²) in [6.07, 6.45) is 5.42. The van der Waals surface area contributed by atoms with Crippen LogP contribution in [0.3, 0.4) is 0 Å². The highest BCUT2D eigenvalue weighted by molar-refractivity contribution is 8.00. The minimum Gasteiger partial charge on any atom is -0.496 e. The second-order valence-electron chi connectivity index (χ2n) is 16.0. The minimum atomic E-state index is -0.467. The van der Waals surface area contributed by atoms with Crippen LogP contribution in [-0.4, -0.2) is 108 Å². The number of methoxy groups -OCH3 is 1. The van der Waals surface area contributed by atoms with E-state index >= 15 is 0 Å². The van der Waals surface area contributed by atoms with Gasteiger partial charge in [0.15, 0.2) is 11.4 Å². The third-order valence-corrected chi connectivity index (χ3v) is 12.6. The van der Waals surface area contributed by atoms with Gasteiger partial charge in [0, 0.05) is 92.4 Å². The van der Waals surface area contributed by atoms with E-state index in [9.17, 15) is 19.2 Å². The summed E-state index contributed by atoms with van der Waals surface area (Å²) in [5.41, 5.74) is 4.97. The maximum Gasteiger partial charge on any atom is 0.261 e. The van der Waals surface area contributed by atoms with Gasteiger partial charge in [-0.05, 0) is 97.8 Å². The van der Waals surface area contributed by atoms with Gasteiger partial charge in [0.25, 0.3) is 11.8 Å². The van der Waals surface area contributed by atoms with Crippen molar-refractivity contribution < 1.29 is 28.4 Å². The molecule has 0 aliphatic carbocycles. The lowest BCUT2D eigenvalue weighted by Crippen LogP contribution is -2.72. The average molecular weight is 804 g/mol. The van der Waals surface area contributed by atoms with Crippen LogP contribution < -0.4 is 24.6 Å². The van der Waals surface area contributed by atoms with Crippen molar-refractivity contribution >= 4 is 64.2 Å². The summed E-state index contributed by atoms with van der Waals surface area (Å²) >= 11 is 1.50. The van der Waals surface area contributed by atoms with Crippen LogP contribution in [0.4, 0.5) is 17.2 Å². The number of aromatic nitrogens is 3. The molecule has 300 valence electrons. The van der Waals surface area contributed by atoms with Crippen LogP contribution in [0.2, 0.25) is 0 Å². The molecule has 3 aromatic carbocycles. The number of fused-ring (bicyclic) bond motifs is 2. The Balaban J connectivity index is 0.742. The van der Waals surface area contributed by atoms with Crippen LogP contribution in [0.1, 0.15) is 52.5 Å². The fourth-order valence-electron chi connectivity index (χ4n) is 9.05. The van der Waals surface area contributed by atoms with Gasteiger partial charge in [-0.3, -0.25) is 34.1 Å². The molecule has 16 heteroatoms. The predicted octanol–water partition coefficient (Wildman–Crippen LogP) is 4.89. The smallest absolute Gasteiger partial charge is 0.261 e. The Hall–Kier alpha value is -5.87. The van der Waals surface area contributed by atoms with Gasteiger partial charge in [-0.2, -0.15) is 5.10 Å². The van der Waals surface area contributed by atoms with Crippen molar-refractivity contribution in [3.8, 4) is 5.75 Å². The summed E-state index contributed by atoms with van der Waals surface area (Å²) in [6, 6.07) is 19.5. The zero-order valence-corrected chi connectivity index (χ0v) is 33.2.